The summed E-state index contributed by atoms with van der Waals surface area (Å²) in [6.07, 6.45) is 0. The summed E-state index contributed by atoms with van der Waals surface area (Å²) >= 11 is 1.46. The first kappa shape index (κ1) is 40.9. The molecule has 0 heterocycles. The zero-order valence-electron chi connectivity index (χ0n) is 31.0. The second-order valence-corrected chi connectivity index (χ2v) is 16.3. The molecule has 0 unspecified atom stereocenters. The van der Waals surface area contributed by atoms with Crippen LogP contribution in [0.25, 0.3) is 43.4 Å². The molecule has 0 bridgehead atoms. The van der Waals surface area contributed by atoms with Gasteiger partial charge in [0.05, 0.1) is 0 Å². The topological polar surface area (TPSA) is 0 Å². The third kappa shape index (κ3) is 9.76. The quantitative estimate of drug-likeness (QED) is 0.156. The van der Waals surface area contributed by atoms with Gasteiger partial charge in [0.25, 0.3) is 0 Å². The van der Waals surface area contributed by atoms with Crippen LogP contribution >= 0.6 is 24.8 Å². The second kappa shape index (κ2) is 17.8. The smallest absolute Gasteiger partial charge is 0.0279 e. The fourth-order valence-corrected chi connectivity index (χ4v) is 7.18. The zero-order chi connectivity index (χ0) is 35.3. The standard InChI is InChI=1S/C21H25.C15H11.C13H10.2ClH.Zr/c1-20(2,3)16-7-9-18-14(12-16)11-15-13-17(21(4,5)6)8-10-19(15)18;1-2-6-12(7-3-1)14-10-4-8-13-9-5-11-15(13)14;1-3-7-12(8-4-1)11-13-9-5-2-6-10-13;;;/h7-13H,1-6H3;1-11H;1-10H;2*1H;/q2*-1;;;;+2. The average molecular weight is 799 g/mol. The summed E-state index contributed by atoms with van der Waals surface area (Å²) in [5.41, 5.74) is 8.48. The molecular formula is C49H48Cl2Zr. The number of halogens is 2. The molecule has 0 saturated carbocycles. The molecule has 8 rings (SSSR count). The van der Waals surface area contributed by atoms with Crippen molar-refractivity contribution in [3.63, 3.8) is 0 Å². The Morgan fingerprint density at radius 3 is 1.38 bits per heavy atom. The summed E-state index contributed by atoms with van der Waals surface area (Å²) in [4.78, 5) is 0. The van der Waals surface area contributed by atoms with Gasteiger partial charge in [-0.05, 0) is 16.4 Å². The molecule has 0 spiro atoms. The number of hydrogen-bond acceptors (Lipinski definition) is 0. The molecule has 0 saturated heterocycles. The summed E-state index contributed by atoms with van der Waals surface area (Å²) in [6, 6.07) is 60.7. The summed E-state index contributed by atoms with van der Waals surface area (Å²) < 4.78 is 1.42. The van der Waals surface area contributed by atoms with E-state index in [-0.39, 0.29) is 35.6 Å². The number of fused-ring (bicyclic) bond motifs is 4. The molecule has 0 aliphatic carbocycles. The van der Waals surface area contributed by atoms with Crippen LogP contribution in [0.1, 0.15) is 63.8 Å². The number of rotatable bonds is 3. The van der Waals surface area contributed by atoms with Gasteiger partial charge in [-0.3, -0.25) is 0 Å². The Hall–Kier alpha value is -3.87. The van der Waals surface area contributed by atoms with E-state index >= 15 is 0 Å². The fourth-order valence-electron chi connectivity index (χ4n) is 6.36. The monoisotopic (exact) mass is 796 g/mol. The Kier molecular flexibility index (Phi) is 14.0. The largest absolute Gasteiger partial charge is 0.168 e. The van der Waals surface area contributed by atoms with E-state index in [4.69, 9.17) is 0 Å². The molecule has 0 nitrogen and oxygen atoms in total. The van der Waals surface area contributed by atoms with Crippen LogP contribution in [0.4, 0.5) is 0 Å². The summed E-state index contributed by atoms with van der Waals surface area (Å²) in [7, 11) is 0. The van der Waals surface area contributed by atoms with E-state index in [1.165, 1.54) is 93.1 Å². The third-order valence-corrected chi connectivity index (χ3v) is 10.7. The van der Waals surface area contributed by atoms with E-state index < -0.39 is 0 Å². The first-order valence-corrected chi connectivity index (χ1v) is 18.8. The maximum absolute atomic E-state index is 2.35. The van der Waals surface area contributed by atoms with Crippen molar-refractivity contribution >= 4 is 60.3 Å². The van der Waals surface area contributed by atoms with E-state index in [0.717, 1.165) is 0 Å². The van der Waals surface area contributed by atoms with Crippen LogP contribution in [-0.4, -0.2) is 3.21 Å². The molecule has 8 aromatic carbocycles. The van der Waals surface area contributed by atoms with E-state index in [1.54, 1.807) is 0 Å². The molecule has 0 aliphatic heterocycles. The van der Waals surface area contributed by atoms with Crippen molar-refractivity contribution in [1.82, 2.24) is 0 Å². The molecule has 0 atom stereocenters. The Labute approximate surface area is 337 Å². The SMILES string of the molecule is CC(C)(C)c1ccc2c(c1)[cH-]c1cc(C(C)(C)C)ccc12.Cl.Cl.[Zr+2]=[C](c1ccccc1)c1ccccc1.c1ccc(-c2cccc3[cH-]ccc23)cc1. The van der Waals surface area contributed by atoms with Gasteiger partial charge in [-0.15, -0.1) is 93.5 Å². The minimum Gasteiger partial charge on any atom is -0.168 e. The Bertz CT molecular complexity index is 2220. The van der Waals surface area contributed by atoms with E-state index in [0.29, 0.717) is 0 Å². The molecular weight excluding hydrogens is 751 g/mol. The van der Waals surface area contributed by atoms with Crippen molar-refractivity contribution < 1.29 is 24.2 Å². The molecule has 3 heteroatoms. The van der Waals surface area contributed by atoms with Crippen LogP contribution in [0.5, 0.6) is 0 Å². The van der Waals surface area contributed by atoms with Gasteiger partial charge in [0, 0.05) is 0 Å². The van der Waals surface area contributed by atoms with Gasteiger partial charge in [0.1, 0.15) is 0 Å². The Balaban J connectivity index is 0.000000176. The number of hydrogen-bond donors (Lipinski definition) is 0. The van der Waals surface area contributed by atoms with Crippen LogP contribution in [-0.2, 0) is 35.1 Å². The van der Waals surface area contributed by atoms with Gasteiger partial charge in [-0.2, -0.15) is 12.1 Å². The van der Waals surface area contributed by atoms with Gasteiger partial charge in [0.15, 0.2) is 0 Å². The molecule has 0 aromatic heterocycles. The number of benzene rings is 6. The van der Waals surface area contributed by atoms with Crippen LogP contribution in [0.3, 0.4) is 0 Å². The molecule has 0 fully saturated rings. The van der Waals surface area contributed by atoms with Gasteiger partial charge >= 0.3 is 99.2 Å². The maximum Gasteiger partial charge on any atom is -0.0279 e. The van der Waals surface area contributed by atoms with E-state index in [9.17, 15) is 0 Å². The fraction of sp³-hybridized carbons (Fsp3) is 0.163. The van der Waals surface area contributed by atoms with E-state index in [2.05, 4.69) is 211 Å². The molecule has 52 heavy (non-hydrogen) atoms. The molecule has 0 aliphatic rings. The van der Waals surface area contributed by atoms with E-state index in [1.807, 2.05) is 0 Å². The normalized spacial score (nSPS) is 11.1. The predicted molar refractivity (Wildman–Crippen MR) is 230 cm³/mol. The van der Waals surface area contributed by atoms with Gasteiger partial charge in [-0.25, -0.2) is 0 Å². The summed E-state index contributed by atoms with van der Waals surface area (Å²) in [5, 5.41) is 8.13. The van der Waals surface area contributed by atoms with Crippen molar-refractivity contribution in [2.75, 3.05) is 0 Å². The van der Waals surface area contributed by atoms with Crippen LogP contribution in [0, 0.1) is 0 Å². The predicted octanol–water partition coefficient (Wildman–Crippen LogP) is 14.2. The molecule has 0 amide bonds. The summed E-state index contributed by atoms with van der Waals surface area (Å²) in [5.74, 6) is 0. The maximum atomic E-state index is 2.35. The molecule has 8 aromatic rings. The van der Waals surface area contributed by atoms with Crippen LogP contribution in [0.2, 0.25) is 0 Å². The molecule has 0 N–H and O–H groups in total. The minimum absolute atomic E-state index is 0. The first-order valence-electron chi connectivity index (χ1n) is 17.5. The molecule has 0 radical (unpaired) electrons. The van der Waals surface area contributed by atoms with Gasteiger partial charge < -0.3 is 0 Å². The minimum atomic E-state index is 0. The first-order chi connectivity index (χ1) is 24.0. The van der Waals surface area contributed by atoms with Crippen molar-refractivity contribution in [3.05, 3.63) is 192 Å². The third-order valence-electron chi connectivity index (χ3n) is 9.32. The van der Waals surface area contributed by atoms with Crippen molar-refractivity contribution in [2.24, 2.45) is 0 Å². The van der Waals surface area contributed by atoms with Crippen LogP contribution < -0.4 is 0 Å². The Morgan fingerprint density at radius 1 is 0.462 bits per heavy atom. The summed E-state index contributed by atoms with van der Waals surface area (Å²) in [6.45, 7) is 13.6. The molecule has 262 valence electrons. The van der Waals surface area contributed by atoms with Crippen molar-refractivity contribution in [3.8, 4) is 11.1 Å². The average Bonchev–Trinajstić information content (AvgIpc) is 3.76. The zero-order valence-corrected chi connectivity index (χ0v) is 35.1. The van der Waals surface area contributed by atoms with Gasteiger partial charge in [0.2, 0.25) is 0 Å². The van der Waals surface area contributed by atoms with Crippen LogP contribution in [0.15, 0.2) is 170 Å². The Morgan fingerprint density at radius 2 is 0.923 bits per heavy atom. The second-order valence-electron chi connectivity index (χ2n) is 15.1. The van der Waals surface area contributed by atoms with Crippen molar-refractivity contribution in [2.45, 2.75) is 52.4 Å². The van der Waals surface area contributed by atoms with Gasteiger partial charge in [-0.1, -0.05) is 119 Å². The van der Waals surface area contributed by atoms with Crippen molar-refractivity contribution in [1.29, 1.82) is 0 Å².